The zero-order valence-electron chi connectivity index (χ0n) is 15.3. The number of hydrogen-bond donors (Lipinski definition) is 0. The van der Waals surface area contributed by atoms with Crippen molar-refractivity contribution in [3.05, 3.63) is 69.6 Å². The zero-order valence-corrected chi connectivity index (χ0v) is 18.5. The molecule has 0 fully saturated rings. The molecule has 0 aliphatic carbocycles. The number of benzene rings is 1. The van der Waals surface area contributed by atoms with Crippen LogP contribution in [-0.4, -0.2) is 34.3 Å². The van der Waals surface area contributed by atoms with Gasteiger partial charge >= 0.3 is 0 Å². The van der Waals surface area contributed by atoms with E-state index in [2.05, 4.69) is 16.8 Å². The lowest BCUT2D eigenvalue weighted by Gasteiger charge is -2.12. The molecule has 4 nitrogen and oxygen atoms in total. The summed E-state index contributed by atoms with van der Waals surface area (Å²) in [5.74, 6) is 0.851. The van der Waals surface area contributed by atoms with Gasteiger partial charge in [-0.2, -0.15) is 0 Å². The SMILES string of the molecule is CCc1cc(C(=O)c2ccccc2Cl)c(-n2ccnc2CN(C)C)s1.Cl.Cl. The highest BCUT2D eigenvalue weighted by Crippen LogP contribution is 2.31. The molecule has 0 saturated carbocycles. The third-order valence-electron chi connectivity index (χ3n) is 3.87. The van der Waals surface area contributed by atoms with E-state index in [0.29, 0.717) is 22.7 Å². The van der Waals surface area contributed by atoms with Crippen molar-refractivity contribution < 1.29 is 4.79 Å². The Morgan fingerprint density at radius 1 is 1.22 bits per heavy atom. The van der Waals surface area contributed by atoms with E-state index >= 15 is 0 Å². The Morgan fingerprint density at radius 2 is 1.93 bits per heavy atom. The summed E-state index contributed by atoms with van der Waals surface area (Å²) in [6.07, 6.45) is 4.56. The van der Waals surface area contributed by atoms with Crippen LogP contribution >= 0.6 is 47.8 Å². The number of nitrogens with zero attached hydrogens (tertiary/aromatic N) is 3. The van der Waals surface area contributed by atoms with E-state index in [1.165, 1.54) is 0 Å². The molecule has 0 amide bonds. The van der Waals surface area contributed by atoms with Gasteiger partial charge in [0.05, 0.1) is 17.1 Å². The van der Waals surface area contributed by atoms with Crippen molar-refractivity contribution in [2.45, 2.75) is 19.9 Å². The van der Waals surface area contributed by atoms with E-state index in [0.717, 1.165) is 22.1 Å². The van der Waals surface area contributed by atoms with Gasteiger partial charge in [-0.1, -0.05) is 30.7 Å². The minimum atomic E-state index is -0.0546. The molecule has 0 N–H and O–H groups in total. The zero-order chi connectivity index (χ0) is 18.0. The van der Waals surface area contributed by atoms with Gasteiger partial charge in [0, 0.05) is 22.8 Å². The second-order valence-electron chi connectivity index (χ2n) is 6.05. The Kier molecular flexibility index (Phi) is 8.99. The molecular weight excluding hydrogens is 425 g/mol. The molecule has 146 valence electrons. The van der Waals surface area contributed by atoms with Gasteiger partial charge in [0.2, 0.25) is 0 Å². The Labute approximate surface area is 181 Å². The Bertz CT molecular complexity index is 905. The number of carbonyl (C=O) groups is 1. The average molecular weight is 447 g/mol. The van der Waals surface area contributed by atoms with Crippen molar-refractivity contribution in [3.8, 4) is 5.00 Å². The summed E-state index contributed by atoms with van der Waals surface area (Å²) in [6.45, 7) is 2.79. The first-order chi connectivity index (χ1) is 12.0. The molecule has 0 radical (unpaired) electrons. The lowest BCUT2D eigenvalue weighted by Crippen LogP contribution is -2.15. The van der Waals surface area contributed by atoms with Gasteiger partial charge in [-0.25, -0.2) is 4.98 Å². The molecular formula is C19H22Cl3N3OS. The molecule has 0 aliphatic heterocycles. The molecule has 27 heavy (non-hydrogen) atoms. The number of rotatable bonds is 6. The fourth-order valence-corrected chi connectivity index (χ4v) is 3.97. The van der Waals surface area contributed by atoms with Gasteiger partial charge in [0.15, 0.2) is 5.78 Å². The number of imidazole rings is 1. The minimum Gasteiger partial charge on any atom is -0.302 e. The minimum absolute atomic E-state index is 0. The van der Waals surface area contributed by atoms with Crippen LogP contribution < -0.4 is 0 Å². The predicted octanol–water partition coefficient (Wildman–Crippen LogP) is 5.29. The van der Waals surface area contributed by atoms with Crippen molar-refractivity contribution in [2.75, 3.05) is 14.1 Å². The van der Waals surface area contributed by atoms with Gasteiger partial charge in [0.1, 0.15) is 10.8 Å². The van der Waals surface area contributed by atoms with Crippen LogP contribution in [0.1, 0.15) is 33.5 Å². The molecule has 0 aliphatic rings. The molecule has 3 aromatic rings. The standard InChI is InChI=1S/C19H20ClN3OS.2ClH/c1-4-13-11-15(18(24)14-7-5-6-8-16(14)20)19(25-13)23-10-9-21-17(23)12-22(2)3;;/h5-11H,4,12H2,1-3H3;2*1H. The van der Waals surface area contributed by atoms with Crippen LogP contribution in [0.2, 0.25) is 5.02 Å². The maximum absolute atomic E-state index is 13.1. The van der Waals surface area contributed by atoms with Crippen molar-refractivity contribution in [1.82, 2.24) is 14.5 Å². The highest BCUT2D eigenvalue weighted by atomic mass is 35.5. The lowest BCUT2D eigenvalue weighted by molar-refractivity contribution is 0.103. The molecule has 0 atom stereocenters. The highest BCUT2D eigenvalue weighted by molar-refractivity contribution is 7.15. The van der Waals surface area contributed by atoms with Gasteiger partial charge < -0.3 is 4.90 Å². The molecule has 0 spiro atoms. The number of carbonyl (C=O) groups excluding carboxylic acids is 1. The van der Waals surface area contributed by atoms with Crippen molar-refractivity contribution in [3.63, 3.8) is 0 Å². The first-order valence-electron chi connectivity index (χ1n) is 8.10. The quantitative estimate of drug-likeness (QED) is 0.483. The maximum Gasteiger partial charge on any atom is 0.197 e. The normalized spacial score (nSPS) is 10.4. The Balaban J connectivity index is 0.00000182. The van der Waals surface area contributed by atoms with E-state index in [1.807, 2.05) is 43.1 Å². The molecule has 2 aromatic heterocycles. The van der Waals surface area contributed by atoms with Crippen LogP contribution in [0, 0.1) is 0 Å². The third-order valence-corrected chi connectivity index (χ3v) is 5.48. The predicted molar refractivity (Wildman–Crippen MR) is 118 cm³/mol. The second-order valence-corrected chi connectivity index (χ2v) is 7.57. The van der Waals surface area contributed by atoms with Crippen LogP contribution in [0.25, 0.3) is 5.00 Å². The van der Waals surface area contributed by atoms with Crippen LogP contribution in [0.3, 0.4) is 0 Å². The fraction of sp³-hybridized carbons (Fsp3) is 0.263. The summed E-state index contributed by atoms with van der Waals surface area (Å²) < 4.78 is 2.01. The Hall–Kier alpha value is -1.37. The van der Waals surface area contributed by atoms with Crippen LogP contribution in [0.15, 0.2) is 42.7 Å². The van der Waals surface area contributed by atoms with E-state index in [-0.39, 0.29) is 30.6 Å². The first kappa shape index (κ1) is 23.7. The number of aryl methyl sites for hydroxylation is 1. The second kappa shape index (κ2) is 10.2. The maximum atomic E-state index is 13.1. The first-order valence-corrected chi connectivity index (χ1v) is 9.30. The van der Waals surface area contributed by atoms with Crippen molar-refractivity contribution in [1.29, 1.82) is 0 Å². The van der Waals surface area contributed by atoms with E-state index < -0.39 is 0 Å². The van der Waals surface area contributed by atoms with Crippen LogP contribution in [0.5, 0.6) is 0 Å². The number of hydrogen-bond acceptors (Lipinski definition) is 4. The molecule has 8 heteroatoms. The molecule has 0 unspecified atom stereocenters. The van der Waals surface area contributed by atoms with Crippen LogP contribution in [0.4, 0.5) is 0 Å². The summed E-state index contributed by atoms with van der Waals surface area (Å²) in [7, 11) is 4.00. The fourth-order valence-electron chi connectivity index (χ4n) is 2.66. The summed E-state index contributed by atoms with van der Waals surface area (Å²) in [5, 5.41) is 1.37. The lowest BCUT2D eigenvalue weighted by atomic mass is 10.0. The monoisotopic (exact) mass is 445 g/mol. The number of aromatic nitrogens is 2. The number of halogens is 3. The van der Waals surface area contributed by atoms with Crippen molar-refractivity contribution in [2.24, 2.45) is 0 Å². The topological polar surface area (TPSA) is 38.1 Å². The third kappa shape index (κ3) is 5.12. The van der Waals surface area contributed by atoms with Gasteiger partial charge in [-0.15, -0.1) is 36.2 Å². The Morgan fingerprint density at radius 3 is 2.56 bits per heavy atom. The molecule has 3 rings (SSSR count). The van der Waals surface area contributed by atoms with Crippen LogP contribution in [-0.2, 0) is 13.0 Å². The van der Waals surface area contributed by atoms with E-state index in [4.69, 9.17) is 11.6 Å². The number of thiophene rings is 1. The van der Waals surface area contributed by atoms with Crippen molar-refractivity contribution >= 4 is 53.5 Å². The summed E-state index contributed by atoms with van der Waals surface area (Å²) in [6, 6.07) is 9.16. The smallest absolute Gasteiger partial charge is 0.197 e. The number of ketones is 1. The molecule has 1 aromatic carbocycles. The molecule has 0 saturated heterocycles. The molecule has 2 heterocycles. The average Bonchev–Trinajstić information content (AvgIpc) is 3.20. The highest BCUT2D eigenvalue weighted by Gasteiger charge is 2.21. The largest absolute Gasteiger partial charge is 0.302 e. The van der Waals surface area contributed by atoms with Gasteiger partial charge in [0.25, 0.3) is 0 Å². The summed E-state index contributed by atoms with van der Waals surface area (Å²) in [5.41, 5.74) is 1.20. The summed E-state index contributed by atoms with van der Waals surface area (Å²) >= 11 is 7.87. The molecule has 0 bridgehead atoms. The van der Waals surface area contributed by atoms with Gasteiger partial charge in [-0.3, -0.25) is 9.36 Å². The van der Waals surface area contributed by atoms with E-state index in [1.54, 1.807) is 29.7 Å². The summed E-state index contributed by atoms with van der Waals surface area (Å²) in [4.78, 5) is 20.8. The van der Waals surface area contributed by atoms with E-state index in [9.17, 15) is 4.79 Å². The van der Waals surface area contributed by atoms with Gasteiger partial charge in [-0.05, 0) is 38.7 Å².